The molecule has 0 bridgehead atoms. The monoisotopic (exact) mass is 720 g/mol. The van der Waals surface area contributed by atoms with Crippen molar-refractivity contribution in [2.24, 2.45) is 5.41 Å². The van der Waals surface area contributed by atoms with E-state index in [-0.39, 0.29) is 42.6 Å². The Morgan fingerprint density at radius 3 is 2.29 bits per heavy atom. The first-order valence-electron chi connectivity index (χ1n) is 16.4. The van der Waals surface area contributed by atoms with E-state index in [1.165, 1.54) is 22.9 Å². The van der Waals surface area contributed by atoms with Crippen molar-refractivity contribution in [1.29, 1.82) is 0 Å². The number of carbonyl (C=O) groups excluding carboxylic acids is 1. The van der Waals surface area contributed by atoms with E-state index in [2.05, 4.69) is 10.3 Å². The van der Waals surface area contributed by atoms with Gasteiger partial charge in [-0.2, -0.15) is 0 Å². The normalized spacial score (nSPS) is 30.3. The summed E-state index contributed by atoms with van der Waals surface area (Å²) >= 11 is 0.944. The van der Waals surface area contributed by atoms with Crippen molar-refractivity contribution in [3.8, 4) is 11.3 Å². The number of alkyl halides is 2. The summed E-state index contributed by atoms with van der Waals surface area (Å²) in [5.74, 6) is -7.93. The second-order valence-corrected chi connectivity index (χ2v) is 14.9. The van der Waals surface area contributed by atoms with Gasteiger partial charge >= 0.3 is 0 Å². The third-order valence-corrected chi connectivity index (χ3v) is 12.3. The molecule has 1 spiro atoms. The minimum absolute atomic E-state index is 0.0231. The quantitative estimate of drug-likeness (QED) is 0.275. The van der Waals surface area contributed by atoms with Crippen LogP contribution in [0.3, 0.4) is 0 Å². The number of thioether (sulfide) groups is 1. The van der Waals surface area contributed by atoms with Crippen LogP contribution < -0.4 is 0 Å². The maximum absolute atomic E-state index is 14.2. The Kier molecular flexibility index (Phi) is 10.6. The average molecular weight is 721 g/mol. The molecule has 17 heteroatoms. The van der Waals surface area contributed by atoms with Crippen molar-refractivity contribution < 1.29 is 56.3 Å². The van der Waals surface area contributed by atoms with Gasteiger partial charge in [-0.15, -0.1) is 16.9 Å². The number of nitrogens with zero attached hydrogens (tertiary/aromatic N) is 4. The highest BCUT2D eigenvalue weighted by molar-refractivity contribution is 8.01. The number of hydrogen-bond donors (Lipinski definition) is 3. The van der Waals surface area contributed by atoms with Crippen LogP contribution in [-0.4, -0.2) is 122 Å². The van der Waals surface area contributed by atoms with Gasteiger partial charge in [0.15, 0.2) is 17.5 Å². The Bertz CT molecular complexity index is 1450. The van der Waals surface area contributed by atoms with Crippen LogP contribution in [0.4, 0.5) is 22.0 Å². The zero-order valence-corrected chi connectivity index (χ0v) is 27.8. The number of methoxy groups -OCH3 is 1. The zero-order chi connectivity index (χ0) is 35.1. The molecule has 4 aliphatic rings. The van der Waals surface area contributed by atoms with Crippen LogP contribution in [0.1, 0.15) is 57.4 Å². The summed E-state index contributed by atoms with van der Waals surface area (Å²) in [6.45, 7) is 0.198. The van der Waals surface area contributed by atoms with Crippen molar-refractivity contribution in [1.82, 2.24) is 19.9 Å². The first kappa shape index (κ1) is 36.4. The van der Waals surface area contributed by atoms with Gasteiger partial charge in [0, 0.05) is 51.8 Å². The topological polar surface area (TPSA) is 139 Å². The summed E-state index contributed by atoms with van der Waals surface area (Å²) in [5.41, 5.74) is -2.84. The van der Waals surface area contributed by atoms with E-state index >= 15 is 0 Å². The molecule has 2 aromatic rings. The lowest BCUT2D eigenvalue weighted by Crippen LogP contribution is -2.59. The summed E-state index contributed by atoms with van der Waals surface area (Å²) in [5, 5.41) is 40.6. The molecule has 1 aromatic heterocycles. The highest BCUT2D eigenvalue weighted by Gasteiger charge is 2.55. The van der Waals surface area contributed by atoms with Gasteiger partial charge in [-0.3, -0.25) is 4.79 Å². The number of benzene rings is 1. The standard InChI is InChI=1S/C32H41F5N4O7S/c1-46-26-24(41-16-21(38-39-41)18-14-19(33)23(35)20(34)15-18)25(43)22(17-42)48-29(26)49-27(28(44)40-10-6-32(36,37)7-11-40)31(45)4-2-30(3-5-31)8-12-47-13-9-30/h14-16,22,24-27,29,42-43,45H,2-13,17H2,1H3/t22-,24+,25+,26-,27?,29+/m1/s1. The van der Waals surface area contributed by atoms with Crippen LogP contribution in [0, 0.1) is 22.9 Å². The van der Waals surface area contributed by atoms with Gasteiger partial charge in [0.25, 0.3) is 5.92 Å². The van der Waals surface area contributed by atoms with E-state index in [1.54, 1.807) is 0 Å². The molecule has 4 fully saturated rings. The lowest BCUT2D eigenvalue weighted by molar-refractivity contribution is -0.186. The third kappa shape index (κ3) is 7.35. The number of carbonyl (C=O) groups is 1. The van der Waals surface area contributed by atoms with Crippen molar-refractivity contribution in [3.63, 3.8) is 0 Å². The van der Waals surface area contributed by atoms with Gasteiger partial charge in [0.1, 0.15) is 40.7 Å². The first-order chi connectivity index (χ1) is 23.3. The van der Waals surface area contributed by atoms with E-state index in [0.717, 1.165) is 36.7 Å². The van der Waals surface area contributed by atoms with Gasteiger partial charge in [0.05, 0.1) is 18.4 Å². The Morgan fingerprint density at radius 1 is 1.06 bits per heavy atom. The molecule has 6 rings (SSSR count). The number of halogens is 5. The molecular formula is C32H41F5N4O7S. The number of aliphatic hydroxyl groups excluding tert-OH is 2. The number of amides is 1. The van der Waals surface area contributed by atoms with Crippen LogP contribution in [0.15, 0.2) is 18.3 Å². The summed E-state index contributed by atoms with van der Waals surface area (Å²) in [4.78, 5) is 15.6. The molecular weight excluding hydrogens is 679 g/mol. The van der Waals surface area contributed by atoms with Gasteiger partial charge in [-0.1, -0.05) is 5.21 Å². The highest BCUT2D eigenvalue weighted by Crippen LogP contribution is 2.51. The minimum atomic E-state index is -2.90. The Hall–Kier alpha value is -2.41. The lowest BCUT2D eigenvalue weighted by atomic mass is 9.64. The van der Waals surface area contributed by atoms with Crippen molar-refractivity contribution in [3.05, 3.63) is 35.8 Å². The minimum Gasteiger partial charge on any atom is -0.394 e. The SMILES string of the molecule is CO[C@@H]1[C@@H](n2cc(-c3cc(F)c(F)c(F)c3)nn2)[C@@H](O)[C@@H](CO)O[C@H]1SC(C(=O)N1CCC(F)(F)CC1)C1(O)CCC2(CCOCC2)CC1. The molecule has 1 saturated carbocycles. The van der Waals surface area contributed by atoms with Gasteiger partial charge in [0.2, 0.25) is 5.91 Å². The molecule has 3 aliphatic heterocycles. The van der Waals surface area contributed by atoms with E-state index < -0.39 is 89.4 Å². The molecule has 1 aliphatic carbocycles. The predicted molar refractivity (Wildman–Crippen MR) is 165 cm³/mol. The van der Waals surface area contributed by atoms with Crippen LogP contribution in [0.5, 0.6) is 0 Å². The van der Waals surface area contributed by atoms with Crippen LogP contribution in [0.2, 0.25) is 0 Å². The van der Waals surface area contributed by atoms with E-state index in [4.69, 9.17) is 14.2 Å². The van der Waals surface area contributed by atoms with Crippen molar-refractivity contribution in [2.75, 3.05) is 40.0 Å². The number of piperidine rings is 1. The number of aliphatic hydroxyl groups is 3. The summed E-state index contributed by atoms with van der Waals surface area (Å²) < 4.78 is 88.4. The third-order valence-electron chi connectivity index (χ3n) is 10.7. The number of hydrogen-bond acceptors (Lipinski definition) is 10. The van der Waals surface area contributed by atoms with Crippen LogP contribution in [-0.2, 0) is 19.0 Å². The fourth-order valence-electron chi connectivity index (χ4n) is 7.53. The van der Waals surface area contributed by atoms with E-state index in [9.17, 15) is 42.1 Å². The smallest absolute Gasteiger partial charge is 0.251 e. The van der Waals surface area contributed by atoms with E-state index in [0.29, 0.717) is 26.1 Å². The van der Waals surface area contributed by atoms with Gasteiger partial charge < -0.3 is 34.4 Å². The zero-order valence-electron chi connectivity index (χ0n) is 27.0. The second-order valence-electron chi connectivity index (χ2n) is 13.7. The first-order valence-corrected chi connectivity index (χ1v) is 17.4. The van der Waals surface area contributed by atoms with Crippen molar-refractivity contribution >= 4 is 17.7 Å². The van der Waals surface area contributed by atoms with E-state index in [1.807, 2.05) is 0 Å². The molecule has 1 aromatic carbocycles. The van der Waals surface area contributed by atoms with Crippen LogP contribution >= 0.6 is 11.8 Å². The fraction of sp³-hybridized carbons (Fsp3) is 0.719. The Balaban J connectivity index is 1.30. The predicted octanol–water partition coefficient (Wildman–Crippen LogP) is 3.46. The molecule has 272 valence electrons. The Morgan fingerprint density at radius 2 is 1.69 bits per heavy atom. The number of rotatable bonds is 8. The largest absolute Gasteiger partial charge is 0.394 e. The number of likely N-dealkylation sites (tertiary alicyclic amines) is 1. The molecule has 1 amide bonds. The molecule has 11 nitrogen and oxygen atoms in total. The highest BCUT2D eigenvalue weighted by atomic mass is 32.2. The van der Waals surface area contributed by atoms with Gasteiger partial charge in [-0.25, -0.2) is 26.6 Å². The molecule has 3 N–H and O–H groups in total. The molecule has 49 heavy (non-hydrogen) atoms. The van der Waals surface area contributed by atoms with Crippen molar-refractivity contribution in [2.45, 2.75) is 97.9 Å². The average Bonchev–Trinajstić information content (AvgIpc) is 3.57. The Labute approximate surface area is 284 Å². The second kappa shape index (κ2) is 14.3. The summed E-state index contributed by atoms with van der Waals surface area (Å²) in [6.07, 6.45) is -0.000222. The molecule has 6 atom stereocenters. The fourth-order valence-corrected chi connectivity index (χ4v) is 9.19. The molecule has 3 saturated heterocycles. The maximum Gasteiger partial charge on any atom is 0.251 e. The summed E-state index contributed by atoms with van der Waals surface area (Å²) in [7, 11) is 1.33. The lowest BCUT2D eigenvalue weighted by Gasteiger charge is -2.50. The van der Waals surface area contributed by atoms with Crippen LogP contribution in [0.25, 0.3) is 11.3 Å². The van der Waals surface area contributed by atoms with Gasteiger partial charge in [-0.05, 0) is 56.1 Å². The molecule has 0 radical (unpaired) electrons. The number of aromatic nitrogens is 3. The number of ether oxygens (including phenoxy) is 3. The molecule has 4 heterocycles. The maximum atomic E-state index is 14.2. The molecule has 1 unspecified atom stereocenters. The summed E-state index contributed by atoms with van der Waals surface area (Å²) in [6, 6.07) is 0.372.